The molecule has 2 N–H and O–H groups in total. The average Bonchev–Trinajstić information content (AvgIpc) is 2.54. The first-order valence-corrected chi connectivity index (χ1v) is 7.65. The molecular formula is C16H23N3O. The molecule has 1 aromatic rings. The molecule has 2 heterocycles. The molecule has 0 aromatic heterocycles. The third-order valence-electron chi connectivity index (χ3n) is 4.38. The van der Waals surface area contributed by atoms with Crippen LogP contribution in [0.4, 0.5) is 5.69 Å². The van der Waals surface area contributed by atoms with Gasteiger partial charge in [-0.25, -0.2) is 0 Å². The minimum absolute atomic E-state index is 0.00875. The van der Waals surface area contributed by atoms with Gasteiger partial charge < -0.3 is 10.6 Å². The van der Waals surface area contributed by atoms with E-state index in [0.29, 0.717) is 6.04 Å². The molecule has 4 nitrogen and oxygen atoms in total. The van der Waals surface area contributed by atoms with Gasteiger partial charge in [-0.2, -0.15) is 0 Å². The van der Waals surface area contributed by atoms with Crippen molar-refractivity contribution in [3.05, 3.63) is 29.8 Å². The van der Waals surface area contributed by atoms with Gasteiger partial charge in [0.25, 0.3) is 0 Å². The topological polar surface area (TPSA) is 44.4 Å². The van der Waals surface area contributed by atoms with Crippen LogP contribution in [0.2, 0.25) is 0 Å². The Hall–Kier alpha value is -1.39. The average molecular weight is 273 g/mol. The van der Waals surface area contributed by atoms with Gasteiger partial charge in [0.15, 0.2) is 0 Å². The molecule has 1 atom stereocenters. The van der Waals surface area contributed by atoms with Crippen LogP contribution in [-0.4, -0.2) is 42.5 Å². The largest absolute Gasteiger partial charge is 0.324 e. The second kappa shape index (κ2) is 5.94. The molecule has 0 saturated carbocycles. The zero-order valence-corrected chi connectivity index (χ0v) is 12.1. The van der Waals surface area contributed by atoms with Gasteiger partial charge in [-0.05, 0) is 37.4 Å². The maximum Gasteiger partial charge on any atom is 0.241 e. The molecule has 0 bridgehead atoms. The van der Waals surface area contributed by atoms with Crippen LogP contribution in [0.1, 0.15) is 25.3 Å². The number of para-hydroxylation sites is 1. The van der Waals surface area contributed by atoms with Crippen molar-refractivity contribution in [2.24, 2.45) is 0 Å². The molecular weight excluding hydrogens is 250 g/mol. The predicted molar refractivity (Wildman–Crippen MR) is 80.8 cm³/mol. The molecule has 0 radical (unpaired) electrons. The van der Waals surface area contributed by atoms with Crippen molar-refractivity contribution in [2.75, 3.05) is 25.0 Å². The first-order chi connectivity index (χ1) is 9.79. The molecule has 1 amide bonds. The minimum atomic E-state index is 0.00875. The van der Waals surface area contributed by atoms with Crippen LogP contribution in [0.5, 0.6) is 0 Å². The van der Waals surface area contributed by atoms with E-state index in [-0.39, 0.29) is 11.9 Å². The zero-order valence-electron chi connectivity index (χ0n) is 12.1. The van der Waals surface area contributed by atoms with Gasteiger partial charge in [0.05, 0.1) is 6.04 Å². The Morgan fingerprint density at radius 2 is 2.10 bits per heavy atom. The lowest BCUT2D eigenvalue weighted by Gasteiger charge is -2.42. The van der Waals surface area contributed by atoms with Gasteiger partial charge >= 0.3 is 0 Å². The summed E-state index contributed by atoms with van der Waals surface area (Å²) in [7, 11) is 0. The van der Waals surface area contributed by atoms with E-state index in [9.17, 15) is 4.79 Å². The van der Waals surface area contributed by atoms with Crippen LogP contribution in [0.3, 0.4) is 0 Å². The summed E-state index contributed by atoms with van der Waals surface area (Å²) in [5.74, 6) is 0.162. The lowest BCUT2D eigenvalue weighted by Crippen LogP contribution is -2.62. The molecule has 2 aliphatic heterocycles. The Balaban J connectivity index is 1.78. The third kappa shape index (κ3) is 2.58. The molecule has 4 heteroatoms. The number of anilines is 1. The Bertz CT molecular complexity index is 484. The van der Waals surface area contributed by atoms with Crippen molar-refractivity contribution in [3.8, 4) is 0 Å². The van der Waals surface area contributed by atoms with Crippen molar-refractivity contribution in [1.29, 1.82) is 0 Å². The summed E-state index contributed by atoms with van der Waals surface area (Å²) in [5, 5.41) is 6.43. The van der Waals surface area contributed by atoms with Gasteiger partial charge in [-0.15, -0.1) is 0 Å². The van der Waals surface area contributed by atoms with E-state index in [1.807, 2.05) is 18.2 Å². The fourth-order valence-electron chi connectivity index (χ4n) is 3.18. The van der Waals surface area contributed by atoms with E-state index in [1.165, 1.54) is 5.56 Å². The van der Waals surface area contributed by atoms with Gasteiger partial charge in [-0.1, -0.05) is 25.1 Å². The van der Waals surface area contributed by atoms with Gasteiger partial charge in [0, 0.05) is 24.8 Å². The Kier molecular flexibility index (Phi) is 4.03. The Labute approximate surface area is 120 Å². The Morgan fingerprint density at radius 1 is 1.30 bits per heavy atom. The molecule has 1 saturated heterocycles. The first-order valence-electron chi connectivity index (χ1n) is 7.65. The van der Waals surface area contributed by atoms with Crippen molar-refractivity contribution in [2.45, 2.75) is 38.3 Å². The molecule has 0 spiro atoms. The standard InChI is InChI=1S/C16H23N3O/c1-2-9-19(13-10-17-11-13)15-8-7-12-5-3-4-6-14(12)18-16(15)20/h3-6,13,15,17H,2,7-11H2,1H3,(H,18,20). The number of rotatable bonds is 4. The number of hydrogen-bond acceptors (Lipinski definition) is 3. The minimum Gasteiger partial charge on any atom is -0.324 e. The number of carbonyl (C=O) groups is 1. The highest BCUT2D eigenvalue weighted by Gasteiger charge is 2.35. The van der Waals surface area contributed by atoms with Crippen molar-refractivity contribution in [1.82, 2.24) is 10.2 Å². The van der Waals surface area contributed by atoms with Crippen LogP contribution in [0, 0.1) is 0 Å². The summed E-state index contributed by atoms with van der Waals surface area (Å²) < 4.78 is 0. The molecule has 1 fully saturated rings. The van der Waals surface area contributed by atoms with Crippen LogP contribution in [-0.2, 0) is 11.2 Å². The van der Waals surface area contributed by atoms with Crippen molar-refractivity contribution >= 4 is 11.6 Å². The number of amides is 1. The number of hydrogen-bond donors (Lipinski definition) is 2. The fourth-order valence-corrected chi connectivity index (χ4v) is 3.18. The number of aryl methyl sites for hydroxylation is 1. The van der Waals surface area contributed by atoms with E-state index in [2.05, 4.69) is 28.5 Å². The highest BCUT2D eigenvalue weighted by atomic mass is 16.2. The zero-order chi connectivity index (χ0) is 13.9. The van der Waals surface area contributed by atoms with E-state index >= 15 is 0 Å². The van der Waals surface area contributed by atoms with Crippen LogP contribution in [0.15, 0.2) is 24.3 Å². The van der Waals surface area contributed by atoms with Gasteiger partial charge in [0.2, 0.25) is 5.91 Å². The van der Waals surface area contributed by atoms with E-state index in [0.717, 1.165) is 44.6 Å². The summed E-state index contributed by atoms with van der Waals surface area (Å²) in [4.78, 5) is 15.0. The first kappa shape index (κ1) is 13.6. The van der Waals surface area contributed by atoms with Gasteiger partial charge in [0.1, 0.15) is 0 Å². The highest BCUT2D eigenvalue weighted by molar-refractivity contribution is 5.96. The lowest BCUT2D eigenvalue weighted by atomic mass is 10.0. The smallest absolute Gasteiger partial charge is 0.241 e. The molecule has 108 valence electrons. The second-order valence-electron chi connectivity index (χ2n) is 5.75. The Morgan fingerprint density at radius 3 is 2.80 bits per heavy atom. The SMILES string of the molecule is CCCN(C1CNC1)C1CCc2ccccc2NC1=O. The summed E-state index contributed by atoms with van der Waals surface area (Å²) in [5.41, 5.74) is 2.25. The summed E-state index contributed by atoms with van der Waals surface area (Å²) in [6.45, 7) is 5.21. The monoisotopic (exact) mass is 273 g/mol. The third-order valence-corrected chi connectivity index (χ3v) is 4.38. The van der Waals surface area contributed by atoms with E-state index in [4.69, 9.17) is 0 Å². The molecule has 3 rings (SSSR count). The van der Waals surface area contributed by atoms with Gasteiger partial charge in [-0.3, -0.25) is 9.69 Å². The van der Waals surface area contributed by atoms with Crippen molar-refractivity contribution in [3.63, 3.8) is 0 Å². The molecule has 1 unspecified atom stereocenters. The van der Waals surface area contributed by atoms with E-state index in [1.54, 1.807) is 0 Å². The lowest BCUT2D eigenvalue weighted by molar-refractivity contribution is -0.122. The molecule has 20 heavy (non-hydrogen) atoms. The maximum absolute atomic E-state index is 12.6. The fraction of sp³-hybridized carbons (Fsp3) is 0.562. The van der Waals surface area contributed by atoms with Crippen LogP contribution >= 0.6 is 0 Å². The number of carbonyl (C=O) groups excluding carboxylic acids is 1. The number of nitrogens with one attached hydrogen (secondary N) is 2. The van der Waals surface area contributed by atoms with E-state index < -0.39 is 0 Å². The summed E-state index contributed by atoms with van der Waals surface area (Å²) in [6.07, 6.45) is 2.98. The second-order valence-corrected chi connectivity index (χ2v) is 5.75. The van der Waals surface area contributed by atoms with Crippen LogP contribution < -0.4 is 10.6 Å². The molecule has 1 aromatic carbocycles. The maximum atomic E-state index is 12.6. The normalized spacial score (nSPS) is 22.9. The summed E-state index contributed by atoms with van der Waals surface area (Å²) >= 11 is 0. The quantitative estimate of drug-likeness (QED) is 0.876. The molecule has 2 aliphatic rings. The van der Waals surface area contributed by atoms with Crippen LogP contribution in [0.25, 0.3) is 0 Å². The number of nitrogens with zero attached hydrogens (tertiary/aromatic N) is 1. The number of fused-ring (bicyclic) bond motifs is 1. The molecule has 0 aliphatic carbocycles. The number of benzene rings is 1. The highest BCUT2D eigenvalue weighted by Crippen LogP contribution is 2.25. The predicted octanol–water partition coefficient (Wildman–Crippen LogP) is 1.62. The van der Waals surface area contributed by atoms with Crippen molar-refractivity contribution < 1.29 is 4.79 Å². The summed E-state index contributed by atoms with van der Waals surface area (Å²) in [6, 6.07) is 8.68.